The van der Waals surface area contributed by atoms with Gasteiger partial charge in [0.2, 0.25) is 0 Å². The van der Waals surface area contributed by atoms with E-state index in [0.29, 0.717) is 0 Å². The van der Waals surface area contributed by atoms with Gasteiger partial charge < -0.3 is 21.3 Å². The molecular weight excluding hydrogens is 290 g/mol. The lowest BCUT2D eigenvalue weighted by atomic mass is 10.2. The van der Waals surface area contributed by atoms with Gasteiger partial charge in [0.25, 0.3) is 18.2 Å². The number of anilines is 2. The Morgan fingerprint density at radius 2 is 2.00 bits per heavy atom. The molecule has 0 bridgehead atoms. The topological polar surface area (TPSA) is 87.5 Å². The second-order valence-electron chi connectivity index (χ2n) is 4.10. The molecular formula is C11H16F2N4O2S. The molecule has 0 aromatic carbocycles. The molecule has 0 unspecified atom stereocenters. The van der Waals surface area contributed by atoms with Crippen molar-refractivity contribution in [2.75, 3.05) is 38.7 Å². The van der Waals surface area contributed by atoms with Crippen LogP contribution in [0.2, 0.25) is 0 Å². The number of amides is 2. The number of carbonyl (C=O) groups excluding carboxylic acids is 2. The molecule has 1 aromatic heterocycles. The van der Waals surface area contributed by atoms with Crippen molar-refractivity contribution in [2.24, 2.45) is 0 Å². The summed E-state index contributed by atoms with van der Waals surface area (Å²) in [5.74, 6) is -0.920. The highest BCUT2D eigenvalue weighted by Crippen LogP contribution is 2.36. The molecule has 1 heterocycles. The van der Waals surface area contributed by atoms with Gasteiger partial charge in [0, 0.05) is 21.1 Å². The van der Waals surface area contributed by atoms with Gasteiger partial charge >= 0.3 is 0 Å². The zero-order valence-corrected chi connectivity index (χ0v) is 12.1. The first-order chi connectivity index (χ1) is 9.29. The maximum Gasteiger partial charge on any atom is 0.265 e. The highest BCUT2D eigenvalue weighted by Gasteiger charge is 2.26. The number of thiophene rings is 1. The van der Waals surface area contributed by atoms with Gasteiger partial charge in [-0.3, -0.25) is 9.59 Å². The van der Waals surface area contributed by atoms with Crippen LogP contribution in [0.15, 0.2) is 0 Å². The van der Waals surface area contributed by atoms with Crippen LogP contribution in [0, 0.1) is 0 Å². The number of hydrogen-bond acceptors (Lipinski definition) is 5. The summed E-state index contributed by atoms with van der Waals surface area (Å²) in [7, 11) is 4.46. The van der Waals surface area contributed by atoms with E-state index in [1.165, 1.54) is 26.0 Å². The summed E-state index contributed by atoms with van der Waals surface area (Å²) in [5, 5.41) is 4.97. The van der Waals surface area contributed by atoms with E-state index in [4.69, 9.17) is 5.73 Å². The Hall–Kier alpha value is -1.90. The van der Waals surface area contributed by atoms with Crippen LogP contribution in [-0.4, -0.2) is 50.8 Å². The summed E-state index contributed by atoms with van der Waals surface area (Å²) in [6.45, 7) is -0.625. The Bertz CT molecular complexity index is 517. The first-order valence-corrected chi connectivity index (χ1v) is 6.49. The number of hydrogen-bond donors (Lipinski definition) is 3. The van der Waals surface area contributed by atoms with Crippen LogP contribution in [-0.2, 0) is 0 Å². The van der Waals surface area contributed by atoms with E-state index in [2.05, 4.69) is 10.6 Å². The molecule has 0 radical (unpaired) electrons. The summed E-state index contributed by atoms with van der Waals surface area (Å²) < 4.78 is 24.5. The smallest absolute Gasteiger partial charge is 0.265 e. The third-order valence-electron chi connectivity index (χ3n) is 2.42. The van der Waals surface area contributed by atoms with E-state index in [9.17, 15) is 18.4 Å². The van der Waals surface area contributed by atoms with Crippen molar-refractivity contribution in [3.05, 3.63) is 10.4 Å². The molecule has 4 N–H and O–H groups in total. The quantitative estimate of drug-likeness (QED) is 0.759. The highest BCUT2D eigenvalue weighted by molar-refractivity contribution is 7.19. The minimum Gasteiger partial charge on any atom is -0.397 e. The van der Waals surface area contributed by atoms with Crippen molar-refractivity contribution < 1.29 is 18.4 Å². The van der Waals surface area contributed by atoms with Crippen molar-refractivity contribution in [3.8, 4) is 0 Å². The molecule has 0 aliphatic heterocycles. The molecule has 0 saturated carbocycles. The highest BCUT2D eigenvalue weighted by atomic mass is 32.1. The van der Waals surface area contributed by atoms with Crippen LogP contribution in [0.4, 0.5) is 19.5 Å². The molecule has 0 spiro atoms. The van der Waals surface area contributed by atoms with Gasteiger partial charge in [0.15, 0.2) is 0 Å². The Kier molecular flexibility index (Phi) is 5.26. The molecule has 9 heteroatoms. The Labute approximate surface area is 118 Å². The van der Waals surface area contributed by atoms with Crippen molar-refractivity contribution in [1.29, 1.82) is 0 Å². The maximum atomic E-state index is 12.3. The SMILES string of the molecule is CNC(=O)c1c(NCC(F)F)sc(C(=O)N(C)C)c1N. The first-order valence-electron chi connectivity index (χ1n) is 5.67. The second kappa shape index (κ2) is 6.51. The van der Waals surface area contributed by atoms with Gasteiger partial charge in [-0.15, -0.1) is 11.3 Å². The Morgan fingerprint density at radius 3 is 2.45 bits per heavy atom. The van der Waals surface area contributed by atoms with Crippen molar-refractivity contribution >= 4 is 33.8 Å². The summed E-state index contributed by atoms with van der Waals surface area (Å²) in [5.41, 5.74) is 5.81. The molecule has 6 nitrogen and oxygen atoms in total. The molecule has 1 rings (SSSR count). The largest absolute Gasteiger partial charge is 0.397 e. The minimum absolute atomic E-state index is 0.00943. The number of nitrogens with zero attached hydrogens (tertiary/aromatic N) is 1. The lowest BCUT2D eigenvalue weighted by Gasteiger charge is -2.08. The Balaban J connectivity index is 3.24. The number of rotatable bonds is 5. The third-order valence-corrected chi connectivity index (χ3v) is 3.57. The van der Waals surface area contributed by atoms with E-state index in [1.807, 2.05) is 0 Å². The predicted octanol–water partition coefficient (Wildman–Crippen LogP) is 1.07. The normalized spacial score (nSPS) is 10.5. The third kappa shape index (κ3) is 3.35. The van der Waals surface area contributed by atoms with Crippen molar-refractivity contribution in [1.82, 2.24) is 10.2 Å². The second-order valence-corrected chi connectivity index (χ2v) is 5.12. The number of alkyl halides is 2. The molecule has 0 saturated heterocycles. The molecule has 112 valence electrons. The number of carbonyl (C=O) groups is 2. The average molecular weight is 306 g/mol. The maximum absolute atomic E-state index is 12.3. The van der Waals surface area contributed by atoms with Gasteiger partial charge in [0.05, 0.1) is 17.8 Å². The van der Waals surface area contributed by atoms with Crippen LogP contribution >= 0.6 is 11.3 Å². The lowest BCUT2D eigenvalue weighted by Crippen LogP contribution is -2.23. The Morgan fingerprint density at radius 1 is 1.40 bits per heavy atom. The number of nitrogens with one attached hydrogen (secondary N) is 2. The first kappa shape index (κ1) is 16.2. The lowest BCUT2D eigenvalue weighted by molar-refractivity contribution is 0.0833. The van der Waals surface area contributed by atoms with Crippen molar-refractivity contribution in [2.45, 2.75) is 6.43 Å². The van der Waals surface area contributed by atoms with Gasteiger partial charge in [-0.2, -0.15) is 0 Å². The zero-order valence-electron chi connectivity index (χ0n) is 11.3. The standard InChI is InChI=1S/C11H16F2N4O2S/c1-15-9(18)6-7(14)8(11(19)17(2)3)20-10(6)16-4-5(12)13/h5,16H,4,14H2,1-3H3,(H,15,18). The molecule has 20 heavy (non-hydrogen) atoms. The monoisotopic (exact) mass is 306 g/mol. The number of nitrogens with two attached hydrogens (primary N) is 1. The van der Waals surface area contributed by atoms with Crippen LogP contribution in [0.25, 0.3) is 0 Å². The van der Waals surface area contributed by atoms with Gasteiger partial charge in [0.1, 0.15) is 9.88 Å². The summed E-state index contributed by atoms with van der Waals surface area (Å²) in [4.78, 5) is 25.1. The van der Waals surface area contributed by atoms with E-state index < -0.39 is 18.9 Å². The number of nitrogen functional groups attached to an aromatic ring is 1. The fraction of sp³-hybridized carbons (Fsp3) is 0.455. The van der Waals surface area contributed by atoms with E-state index in [-0.39, 0.29) is 27.0 Å². The summed E-state index contributed by atoms with van der Waals surface area (Å²) in [6, 6.07) is 0. The summed E-state index contributed by atoms with van der Waals surface area (Å²) >= 11 is 0.887. The van der Waals surface area contributed by atoms with Gasteiger partial charge in [-0.1, -0.05) is 0 Å². The van der Waals surface area contributed by atoms with Gasteiger partial charge in [-0.25, -0.2) is 8.78 Å². The van der Waals surface area contributed by atoms with Gasteiger partial charge in [-0.05, 0) is 0 Å². The predicted molar refractivity (Wildman–Crippen MR) is 74.6 cm³/mol. The zero-order chi connectivity index (χ0) is 15.4. The van der Waals surface area contributed by atoms with Crippen LogP contribution in [0.5, 0.6) is 0 Å². The van der Waals surface area contributed by atoms with E-state index in [1.54, 1.807) is 0 Å². The van der Waals surface area contributed by atoms with E-state index in [0.717, 1.165) is 11.3 Å². The fourth-order valence-electron chi connectivity index (χ4n) is 1.45. The molecule has 0 atom stereocenters. The molecule has 0 fully saturated rings. The van der Waals surface area contributed by atoms with Crippen LogP contribution < -0.4 is 16.4 Å². The average Bonchev–Trinajstić information content (AvgIpc) is 2.71. The van der Waals surface area contributed by atoms with E-state index >= 15 is 0 Å². The minimum atomic E-state index is -2.58. The van der Waals surface area contributed by atoms with Crippen LogP contribution in [0.1, 0.15) is 20.0 Å². The van der Waals surface area contributed by atoms with Crippen LogP contribution in [0.3, 0.4) is 0 Å². The molecule has 2 amide bonds. The molecule has 0 aliphatic rings. The molecule has 1 aromatic rings. The number of halogens is 2. The fourth-order valence-corrected chi connectivity index (χ4v) is 2.60. The van der Waals surface area contributed by atoms with Crippen molar-refractivity contribution in [3.63, 3.8) is 0 Å². The summed E-state index contributed by atoms with van der Waals surface area (Å²) in [6.07, 6.45) is -2.58. The molecule has 0 aliphatic carbocycles.